The van der Waals surface area contributed by atoms with Gasteiger partial charge in [-0.2, -0.15) is 0 Å². The van der Waals surface area contributed by atoms with Crippen LogP contribution in [0.2, 0.25) is 0 Å². The lowest BCUT2D eigenvalue weighted by Crippen LogP contribution is -2.23. The number of aromatic nitrogens is 2. The van der Waals surface area contributed by atoms with Crippen molar-refractivity contribution < 1.29 is 12.8 Å². The Morgan fingerprint density at radius 3 is 2.79 bits per heavy atom. The zero-order valence-electron chi connectivity index (χ0n) is 10.4. The number of nitrogens with one attached hydrogen (secondary N) is 2. The van der Waals surface area contributed by atoms with Gasteiger partial charge in [0.1, 0.15) is 5.76 Å². The van der Waals surface area contributed by atoms with Crippen LogP contribution in [0.1, 0.15) is 24.3 Å². The molecule has 0 spiro atoms. The van der Waals surface area contributed by atoms with E-state index in [1.807, 2.05) is 6.92 Å². The van der Waals surface area contributed by atoms with E-state index in [1.165, 1.54) is 6.92 Å². The van der Waals surface area contributed by atoms with Crippen molar-refractivity contribution >= 4 is 21.4 Å². The summed E-state index contributed by atoms with van der Waals surface area (Å²) in [6, 6.07) is 0. The van der Waals surface area contributed by atoms with Crippen molar-refractivity contribution in [3.63, 3.8) is 0 Å². The van der Waals surface area contributed by atoms with E-state index in [0.29, 0.717) is 35.1 Å². The number of hydrogen-bond acceptors (Lipinski definition) is 6. The Morgan fingerprint density at radius 1 is 1.53 bits per heavy atom. The van der Waals surface area contributed by atoms with Gasteiger partial charge in [0.15, 0.2) is 4.21 Å². The summed E-state index contributed by atoms with van der Waals surface area (Å²) >= 11 is 0.654. The lowest BCUT2D eigenvalue weighted by molar-refractivity contribution is 0.452. The number of nitrogens with zero attached hydrogens (tertiary/aromatic N) is 1. The fraction of sp³-hybridized carbons (Fsp3) is 0.400. The minimum absolute atomic E-state index is 0.0141. The van der Waals surface area contributed by atoms with Crippen LogP contribution in [0, 0.1) is 6.92 Å². The summed E-state index contributed by atoms with van der Waals surface area (Å²) in [6.07, 6.45) is 2.25. The average Bonchev–Trinajstić information content (AvgIpc) is 2.93. The van der Waals surface area contributed by atoms with Crippen LogP contribution in [0.25, 0.3) is 0 Å². The number of rotatable bonds is 5. The molecule has 104 valence electrons. The van der Waals surface area contributed by atoms with E-state index in [-0.39, 0.29) is 10.8 Å². The summed E-state index contributed by atoms with van der Waals surface area (Å²) in [5.41, 5.74) is 0.323. The number of thiazole rings is 1. The van der Waals surface area contributed by atoms with Crippen molar-refractivity contribution in [1.29, 1.82) is 0 Å². The molecule has 2 aromatic heterocycles. The smallest absolute Gasteiger partial charge is 0.305 e. The summed E-state index contributed by atoms with van der Waals surface area (Å²) in [5.74, 6) is 0.984. The second-order valence-electron chi connectivity index (χ2n) is 3.83. The maximum Gasteiger partial charge on any atom is 0.305 e. The van der Waals surface area contributed by atoms with Crippen LogP contribution < -0.4 is 9.60 Å². The van der Waals surface area contributed by atoms with Crippen LogP contribution in [0.5, 0.6) is 0 Å². The molecule has 9 heteroatoms. The van der Waals surface area contributed by atoms with Gasteiger partial charge in [-0.1, -0.05) is 18.3 Å². The Hall–Kier alpha value is -1.45. The molecule has 0 unspecified atom stereocenters. The Morgan fingerprint density at radius 2 is 2.26 bits per heavy atom. The van der Waals surface area contributed by atoms with Crippen molar-refractivity contribution in [3.05, 3.63) is 33.2 Å². The van der Waals surface area contributed by atoms with E-state index in [1.54, 1.807) is 6.20 Å². The Balaban J connectivity index is 2.14. The van der Waals surface area contributed by atoms with Crippen molar-refractivity contribution in [1.82, 2.24) is 14.7 Å². The third-order valence-electron chi connectivity index (χ3n) is 2.39. The highest BCUT2D eigenvalue weighted by molar-refractivity contribution is 7.91. The Bertz CT molecular complexity index is 726. The third-order valence-corrected chi connectivity index (χ3v) is 5.39. The second kappa shape index (κ2) is 5.27. The highest BCUT2D eigenvalue weighted by atomic mass is 32.2. The standard InChI is InChI=1S/C10H13N3O4S2/c1-3-7-4-11-8(17-7)5-12-19(15,16)9-6(2)13-10(14)18-9/h4,12H,3,5H2,1-2H3,(H,13,14). The summed E-state index contributed by atoms with van der Waals surface area (Å²) in [7, 11) is -3.73. The van der Waals surface area contributed by atoms with Crippen LogP contribution in [0.3, 0.4) is 0 Å². The first-order chi connectivity index (χ1) is 8.92. The van der Waals surface area contributed by atoms with Gasteiger partial charge in [-0.15, -0.1) is 0 Å². The van der Waals surface area contributed by atoms with E-state index in [9.17, 15) is 13.2 Å². The van der Waals surface area contributed by atoms with Crippen molar-refractivity contribution in [3.8, 4) is 0 Å². The first-order valence-corrected chi connectivity index (χ1v) is 7.85. The van der Waals surface area contributed by atoms with Crippen molar-refractivity contribution in [2.75, 3.05) is 0 Å². The molecule has 0 saturated carbocycles. The largest absolute Gasteiger partial charge is 0.444 e. The van der Waals surface area contributed by atoms with Crippen molar-refractivity contribution in [2.45, 2.75) is 31.0 Å². The number of oxazole rings is 1. The molecule has 2 heterocycles. The SMILES string of the molecule is CCc1cnc(CNS(=O)(=O)c2sc(=O)[nH]c2C)o1. The number of aromatic amines is 1. The van der Waals surface area contributed by atoms with Gasteiger partial charge in [0, 0.05) is 12.1 Å². The molecule has 7 nitrogen and oxygen atoms in total. The van der Waals surface area contributed by atoms with Crippen LogP contribution in [-0.2, 0) is 23.0 Å². The molecular weight excluding hydrogens is 290 g/mol. The summed E-state index contributed by atoms with van der Waals surface area (Å²) in [6.45, 7) is 3.40. The summed E-state index contributed by atoms with van der Waals surface area (Å²) in [5, 5.41) is 0. The molecule has 0 atom stereocenters. The van der Waals surface area contributed by atoms with E-state index in [0.717, 1.165) is 0 Å². The molecule has 0 bridgehead atoms. The molecule has 0 amide bonds. The zero-order chi connectivity index (χ0) is 14.0. The first-order valence-electron chi connectivity index (χ1n) is 5.55. The molecule has 0 aliphatic heterocycles. The Kier molecular flexibility index (Phi) is 3.88. The van der Waals surface area contributed by atoms with E-state index in [4.69, 9.17) is 4.42 Å². The minimum atomic E-state index is -3.73. The highest BCUT2D eigenvalue weighted by Gasteiger charge is 2.21. The van der Waals surface area contributed by atoms with Crippen LogP contribution >= 0.6 is 11.3 Å². The number of aryl methyl sites for hydroxylation is 2. The molecule has 2 aromatic rings. The molecule has 2 rings (SSSR count). The van der Waals surface area contributed by atoms with E-state index in [2.05, 4.69) is 14.7 Å². The predicted molar refractivity (Wildman–Crippen MR) is 69.6 cm³/mol. The quantitative estimate of drug-likeness (QED) is 0.849. The normalized spacial score (nSPS) is 11.9. The monoisotopic (exact) mass is 303 g/mol. The lowest BCUT2D eigenvalue weighted by atomic mass is 10.4. The van der Waals surface area contributed by atoms with Crippen molar-refractivity contribution in [2.24, 2.45) is 0 Å². The highest BCUT2D eigenvalue weighted by Crippen LogP contribution is 2.16. The molecule has 0 saturated heterocycles. The molecule has 0 aliphatic rings. The van der Waals surface area contributed by atoms with Gasteiger partial charge in [0.25, 0.3) is 10.0 Å². The second-order valence-corrected chi connectivity index (χ2v) is 6.77. The average molecular weight is 303 g/mol. The molecule has 0 fully saturated rings. The summed E-state index contributed by atoms with van der Waals surface area (Å²) in [4.78, 5) is 17.1. The zero-order valence-corrected chi connectivity index (χ0v) is 12.0. The predicted octanol–water partition coefficient (Wildman–Crippen LogP) is 0.774. The van der Waals surface area contributed by atoms with Gasteiger partial charge in [0.2, 0.25) is 5.89 Å². The fourth-order valence-electron chi connectivity index (χ4n) is 1.46. The van der Waals surface area contributed by atoms with Gasteiger partial charge in [0.05, 0.1) is 12.7 Å². The minimum Gasteiger partial charge on any atom is -0.444 e. The van der Waals surface area contributed by atoms with Crippen LogP contribution in [-0.4, -0.2) is 18.4 Å². The van der Waals surface area contributed by atoms with Gasteiger partial charge >= 0.3 is 4.87 Å². The fourth-order valence-corrected chi connectivity index (χ4v) is 3.78. The molecular formula is C10H13N3O4S2. The molecule has 0 radical (unpaired) electrons. The van der Waals surface area contributed by atoms with Gasteiger partial charge in [-0.05, 0) is 6.92 Å². The number of hydrogen-bond donors (Lipinski definition) is 2. The van der Waals surface area contributed by atoms with Gasteiger partial charge < -0.3 is 9.40 Å². The van der Waals surface area contributed by atoms with Crippen LogP contribution in [0.4, 0.5) is 0 Å². The van der Waals surface area contributed by atoms with E-state index < -0.39 is 14.9 Å². The lowest BCUT2D eigenvalue weighted by Gasteiger charge is -2.02. The third kappa shape index (κ3) is 3.11. The molecule has 0 aromatic carbocycles. The van der Waals surface area contributed by atoms with Gasteiger partial charge in [-0.3, -0.25) is 4.79 Å². The Labute approximate surface area is 113 Å². The number of H-pyrrole nitrogens is 1. The topological polar surface area (TPSA) is 105 Å². The van der Waals surface area contributed by atoms with Gasteiger partial charge in [-0.25, -0.2) is 18.1 Å². The maximum absolute atomic E-state index is 12.0. The number of sulfonamides is 1. The molecule has 19 heavy (non-hydrogen) atoms. The van der Waals surface area contributed by atoms with E-state index >= 15 is 0 Å². The van der Waals surface area contributed by atoms with Crippen LogP contribution in [0.15, 0.2) is 19.6 Å². The maximum atomic E-state index is 12.0. The molecule has 2 N–H and O–H groups in total. The summed E-state index contributed by atoms with van der Waals surface area (Å²) < 4.78 is 31.6. The first kappa shape index (κ1) is 14.0. The molecule has 0 aliphatic carbocycles.